The molecule has 0 aliphatic carbocycles. The Morgan fingerprint density at radius 3 is 2.36 bits per heavy atom. The van der Waals surface area contributed by atoms with Crippen molar-refractivity contribution in [1.82, 2.24) is 10.2 Å². The van der Waals surface area contributed by atoms with Gasteiger partial charge in [0.1, 0.15) is 6.54 Å². The van der Waals surface area contributed by atoms with E-state index in [0.29, 0.717) is 0 Å². The number of aliphatic carboxylic acids is 1. The van der Waals surface area contributed by atoms with E-state index in [1.807, 2.05) is 0 Å². The van der Waals surface area contributed by atoms with Gasteiger partial charge in [0.15, 0.2) is 0 Å². The molecule has 0 aromatic heterocycles. The van der Waals surface area contributed by atoms with Gasteiger partial charge in [0, 0.05) is 0 Å². The summed E-state index contributed by atoms with van der Waals surface area (Å²) in [5, 5.41) is 10.4. The lowest BCUT2D eigenvalue weighted by Gasteiger charge is -2.07. The number of carboxylic acid groups (broad SMARTS) is 1. The van der Waals surface area contributed by atoms with Crippen LogP contribution in [-0.2, 0) is 9.59 Å². The number of hydrogen-bond donors (Lipinski definition) is 2. The largest absolute Gasteiger partial charge is 0.480 e. The molecular weight excluding hydrogens is 148 g/mol. The fourth-order valence-electron chi connectivity index (χ4n) is 0.517. The van der Waals surface area contributed by atoms with Crippen molar-refractivity contribution in [1.29, 1.82) is 0 Å². The maximum Gasteiger partial charge on any atom is 0.322 e. The zero-order valence-electron chi connectivity index (χ0n) is 6.63. The van der Waals surface area contributed by atoms with Crippen LogP contribution >= 0.6 is 0 Å². The molecule has 0 rings (SSSR count). The van der Waals surface area contributed by atoms with Crippen LogP contribution in [0.3, 0.4) is 0 Å². The van der Waals surface area contributed by atoms with E-state index in [1.165, 1.54) is 0 Å². The molecule has 11 heavy (non-hydrogen) atoms. The molecule has 0 aliphatic rings. The smallest absolute Gasteiger partial charge is 0.322 e. The highest BCUT2D eigenvalue weighted by molar-refractivity contribution is 5.82. The van der Waals surface area contributed by atoms with E-state index in [0.717, 1.165) is 0 Å². The molecule has 0 fully saturated rings. The van der Waals surface area contributed by atoms with Crippen LogP contribution < -0.4 is 5.32 Å². The van der Waals surface area contributed by atoms with Crippen molar-refractivity contribution in [2.24, 2.45) is 0 Å². The summed E-state index contributed by atoms with van der Waals surface area (Å²) in [6, 6.07) is 0. The van der Waals surface area contributed by atoms with Gasteiger partial charge in [-0.25, -0.2) is 0 Å². The van der Waals surface area contributed by atoms with Crippen molar-refractivity contribution in [3.63, 3.8) is 0 Å². The number of amides is 1. The van der Waals surface area contributed by atoms with Crippen molar-refractivity contribution in [2.75, 3.05) is 27.2 Å². The summed E-state index contributed by atoms with van der Waals surface area (Å²) in [5.74, 6) is -1.31. The Kier molecular flexibility index (Phi) is 4.21. The quantitative estimate of drug-likeness (QED) is 0.539. The molecule has 0 heterocycles. The second-order valence-electron chi connectivity index (χ2n) is 2.41. The fraction of sp³-hybridized carbons (Fsp3) is 0.667. The molecule has 2 N–H and O–H groups in total. The summed E-state index contributed by atoms with van der Waals surface area (Å²) in [4.78, 5) is 22.4. The molecule has 0 aliphatic heterocycles. The van der Waals surface area contributed by atoms with E-state index in [9.17, 15) is 9.59 Å². The van der Waals surface area contributed by atoms with Gasteiger partial charge in [0.25, 0.3) is 0 Å². The molecule has 1 amide bonds. The molecular formula is C6H12N2O3. The first-order valence-corrected chi connectivity index (χ1v) is 3.15. The SMILES string of the molecule is CN(C)CC(=O)NCC(=O)O. The summed E-state index contributed by atoms with van der Waals surface area (Å²) in [5.41, 5.74) is 0. The van der Waals surface area contributed by atoms with Gasteiger partial charge in [0.2, 0.25) is 5.91 Å². The summed E-state index contributed by atoms with van der Waals surface area (Å²) in [6.45, 7) is -0.0973. The van der Waals surface area contributed by atoms with E-state index in [1.54, 1.807) is 19.0 Å². The number of nitrogens with one attached hydrogen (secondary N) is 1. The third-order valence-corrected chi connectivity index (χ3v) is 0.897. The molecule has 0 atom stereocenters. The maximum absolute atomic E-state index is 10.7. The standard InChI is InChI=1S/C6H12N2O3/c1-8(2)4-5(9)7-3-6(10)11/h3-4H2,1-2H3,(H,7,9)(H,10,11). The van der Waals surface area contributed by atoms with Crippen LogP contribution in [-0.4, -0.2) is 49.1 Å². The Morgan fingerprint density at radius 2 is 2.00 bits per heavy atom. The Bertz CT molecular complexity index is 156. The topological polar surface area (TPSA) is 69.6 Å². The molecule has 0 bridgehead atoms. The van der Waals surface area contributed by atoms with Crippen molar-refractivity contribution in [2.45, 2.75) is 0 Å². The van der Waals surface area contributed by atoms with Crippen molar-refractivity contribution in [3.05, 3.63) is 0 Å². The molecule has 64 valence electrons. The van der Waals surface area contributed by atoms with Gasteiger partial charge in [0.05, 0.1) is 6.54 Å². The van der Waals surface area contributed by atoms with E-state index in [-0.39, 0.29) is 19.0 Å². The zero-order valence-corrected chi connectivity index (χ0v) is 6.63. The summed E-state index contributed by atoms with van der Waals surface area (Å²) < 4.78 is 0. The molecule has 0 spiro atoms. The van der Waals surface area contributed by atoms with Crippen molar-refractivity contribution < 1.29 is 14.7 Å². The van der Waals surface area contributed by atoms with Crippen LogP contribution in [0.15, 0.2) is 0 Å². The van der Waals surface area contributed by atoms with Crippen LogP contribution in [0.1, 0.15) is 0 Å². The minimum absolute atomic E-state index is 0.216. The first kappa shape index (κ1) is 9.90. The lowest BCUT2D eigenvalue weighted by molar-refractivity contribution is -0.138. The van der Waals surface area contributed by atoms with Crippen LogP contribution in [0.5, 0.6) is 0 Å². The molecule has 0 saturated heterocycles. The van der Waals surface area contributed by atoms with Crippen LogP contribution in [0.4, 0.5) is 0 Å². The monoisotopic (exact) mass is 160 g/mol. The van der Waals surface area contributed by atoms with E-state index in [2.05, 4.69) is 5.32 Å². The fourth-order valence-corrected chi connectivity index (χ4v) is 0.517. The highest BCUT2D eigenvalue weighted by atomic mass is 16.4. The second kappa shape index (κ2) is 4.68. The predicted molar refractivity (Wildman–Crippen MR) is 39.2 cm³/mol. The summed E-state index contributed by atoms with van der Waals surface area (Å²) in [6.07, 6.45) is 0. The van der Waals surface area contributed by atoms with Gasteiger partial charge >= 0.3 is 5.97 Å². The number of hydrogen-bond acceptors (Lipinski definition) is 3. The van der Waals surface area contributed by atoms with Gasteiger partial charge < -0.3 is 15.3 Å². The minimum atomic E-state index is -1.03. The Labute approximate surface area is 65.0 Å². The maximum atomic E-state index is 10.7. The highest BCUT2D eigenvalue weighted by Gasteiger charge is 2.03. The first-order chi connectivity index (χ1) is 5.02. The number of nitrogens with zero attached hydrogens (tertiary/aromatic N) is 1. The van der Waals surface area contributed by atoms with Gasteiger partial charge in [-0.2, -0.15) is 0 Å². The second-order valence-corrected chi connectivity index (χ2v) is 2.41. The van der Waals surface area contributed by atoms with Crippen LogP contribution in [0.2, 0.25) is 0 Å². The number of carbonyl (C=O) groups excluding carboxylic acids is 1. The van der Waals surface area contributed by atoms with Crippen LogP contribution in [0, 0.1) is 0 Å². The number of likely N-dealkylation sites (N-methyl/N-ethyl adjacent to an activating group) is 1. The Morgan fingerprint density at radius 1 is 1.45 bits per heavy atom. The van der Waals surface area contributed by atoms with Gasteiger partial charge in [-0.1, -0.05) is 0 Å². The first-order valence-electron chi connectivity index (χ1n) is 3.15. The van der Waals surface area contributed by atoms with E-state index in [4.69, 9.17) is 5.11 Å². The highest BCUT2D eigenvalue weighted by Crippen LogP contribution is 1.73. The minimum Gasteiger partial charge on any atom is -0.480 e. The van der Waals surface area contributed by atoms with Crippen molar-refractivity contribution >= 4 is 11.9 Å². The lowest BCUT2D eigenvalue weighted by Crippen LogP contribution is -2.36. The molecule has 0 unspecified atom stereocenters. The third-order valence-electron chi connectivity index (χ3n) is 0.897. The van der Waals surface area contributed by atoms with Crippen LogP contribution in [0.25, 0.3) is 0 Å². The lowest BCUT2D eigenvalue weighted by atomic mass is 10.5. The number of carbonyl (C=O) groups is 2. The van der Waals surface area contributed by atoms with Crippen molar-refractivity contribution in [3.8, 4) is 0 Å². The summed E-state index contributed by atoms with van der Waals surface area (Å²) in [7, 11) is 3.47. The third kappa shape index (κ3) is 6.79. The zero-order chi connectivity index (χ0) is 8.85. The van der Waals surface area contributed by atoms with Gasteiger partial charge in [-0.3, -0.25) is 9.59 Å². The van der Waals surface area contributed by atoms with Gasteiger partial charge in [-0.15, -0.1) is 0 Å². The predicted octanol–water partition coefficient (Wildman–Crippen LogP) is -1.25. The number of rotatable bonds is 4. The van der Waals surface area contributed by atoms with E-state index < -0.39 is 5.97 Å². The van der Waals surface area contributed by atoms with E-state index >= 15 is 0 Å². The summed E-state index contributed by atoms with van der Waals surface area (Å²) >= 11 is 0. The molecule has 0 radical (unpaired) electrons. The Balaban J connectivity index is 3.45. The average Bonchev–Trinajstić information content (AvgIpc) is 1.82. The molecule has 0 aromatic rings. The van der Waals surface area contributed by atoms with Gasteiger partial charge in [-0.05, 0) is 14.1 Å². The molecule has 0 aromatic carbocycles. The molecule has 5 nitrogen and oxygen atoms in total. The number of carboxylic acids is 1. The molecule has 5 heteroatoms. The Hall–Kier alpha value is -1.10. The molecule has 0 saturated carbocycles. The average molecular weight is 160 g/mol. The normalized spacial score (nSPS) is 9.73.